The van der Waals surface area contributed by atoms with Crippen molar-refractivity contribution < 1.29 is 9.21 Å². The third-order valence-electron chi connectivity index (χ3n) is 4.89. The summed E-state index contributed by atoms with van der Waals surface area (Å²) in [7, 11) is 0. The first-order valence-electron chi connectivity index (χ1n) is 8.54. The summed E-state index contributed by atoms with van der Waals surface area (Å²) in [6.45, 7) is 3.08. The number of benzene rings is 1. The summed E-state index contributed by atoms with van der Waals surface area (Å²) in [4.78, 5) is 17.0. The summed E-state index contributed by atoms with van der Waals surface area (Å²) in [5.74, 6) is 1.72. The Bertz CT molecular complexity index is 666. The molecule has 5 heteroatoms. The van der Waals surface area contributed by atoms with Crippen LogP contribution in [0.15, 0.2) is 53.1 Å². The van der Waals surface area contributed by atoms with Crippen LogP contribution in [0.1, 0.15) is 29.5 Å². The van der Waals surface area contributed by atoms with Crippen LogP contribution in [0.4, 0.5) is 0 Å². The Hall–Kier alpha value is -1.72. The summed E-state index contributed by atoms with van der Waals surface area (Å²) in [5, 5.41) is 0.0539. The van der Waals surface area contributed by atoms with E-state index in [4.69, 9.17) is 4.42 Å². The maximum absolute atomic E-state index is 12.4. The van der Waals surface area contributed by atoms with E-state index < -0.39 is 0 Å². The van der Waals surface area contributed by atoms with Gasteiger partial charge in [0.15, 0.2) is 0 Å². The van der Waals surface area contributed by atoms with Gasteiger partial charge in [0, 0.05) is 25.7 Å². The quantitative estimate of drug-likeness (QED) is 0.852. The number of carbonyl (C=O) groups excluding carboxylic acids is 1. The van der Waals surface area contributed by atoms with Crippen LogP contribution in [-0.4, -0.2) is 40.6 Å². The summed E-state index contributed by atoms with van der Waals surface area (Å²) < 4.78 is 5.56. The third kappa shape index (κ3) is 3.23. The van der Waals surface area contributed by atoms with Crippen molar-refractivity contribution >= 4 is 17.7 Å². The van der Waals surface area contributed by atoms with E-state index in [1.807, 2.05) is 12.1 Å². The average molecular weight is 342 g/mol. The van der Waals surface area contributed by atoms with Gasteiger partial charge in [-0.3, -0.25) is 9.69 Å². The highest BCUT2D eigenvalue weighted by Crippen LogP contribution is 2.41. The normalized spacial score (nSPS) is 23.1. The Morgan fingerprint density at radius 1 is 1.08 bits per heavy atom. The molecular formula is C19H22N2O2S. The molecule has 2 aromatic rings. The zero-order chi connectivity index (χ0) is 16.4. The van der Waals surface area contributed by atoms with Crippen molar-refractivity contribution in [1.82, 2.24) is 9.80 Å². The van der Waals surface area contributed by atoms with Crippen LogP contribution < -0.4 is 0 Å². The van der Waals surface area contributed by atoms with Gasteiger partial charge >= 0.3 is 0 Å². The standard InChI is InChI=1S/C19H22N2O2S/c22-18-14-24-19(17-7-4-12-23-17)21(18)16-8-10-20(11-9-16)13-15-5-2-1-3-6-15/h1-7,12,16,19H,8-11,13-14H2. The minimum absolute atomic E-state index is 0.0539. The van der Waals surface area contributed by atoms with Crippen LogP contribution in [-0.2, 0) is 11.3 Å². The predicted molar refractivity (Wildman–Crippen MR) is 95.5 cm³/mol. The predicted octanol–water partition coefficient (Wildman–Crippen LogP) is 3.52. The summed E-state index contributed by atoms with van der Waals surface area (Å²) in [5.41, 5.74) is 1.36. The molecule has 0 aliphatic carbocycles. The van der Waals surface area contributed by atoms with Crippen molar-refractivity contribution in [2.75, 3.05) is 18.8 Å². The Labute approximate surface area is 146 Å². The molecule has 0 saturated carbocycles. The number of furan rings is 1. The summed E-state index contributed by atoms with van der Waals surface area (Å²) >= 11 is 1.68. The fraction of sp³-hybridized carbons (Fsp3) is 0.421. The second kappa shape index (κ2) is 7.03. The van der Waals surface area contributed by atoms with Crippen LogP contribution in [0.25, 0.3) is 0 Å². The lowest BCUT2D eigenvalue weighted by Gasteiger charge is -2.38. The topological polar surface area (TPSA) is 36.7 Å². The molecule has 1 unspecified atom stereocenters. The highest BCUT2D eigenvalue weighted by atomic mass is 32.2. The maximum atomic E-state index is 12.4. The molecule has 4 nitrogen and oxygen atoms in total. The lowest BCUT2D eigenvalue weighted by atomic mass is 10.0. The average Bonchev–Trinajstić information content (AvgIpc) is 3.26. The minimum Gasteiger partial charge on any atom is -0.466 e. The Morgan fingerprint density at radius 2 is 1.88 bits per heavy atom. The van der Waals surface area contributed by atoms with Gasteiger partial charge in [-0.2, -0.15) is 0 Å². The number of thioether (sulfide) groups is 1. The largest absolute Gasteiger partial charge is 0.466 e. The molecule has 1 atom stereocenters. The summed E-state index contributed by atoms with van der Waals surface area (Å²) in [6.07, 6.45) is 3.77. The lowest BCUT2D eigenvalue weighted by Crippen LogP contribution is -2.46. The molecule has 2 fully saturated rings. The number of hydrogen-bond acceptors (Lipinski definition) is 4. The number of hydrogen-bond donors (Lipinski definition) is 0. The molecule has 0 N–H and O–H groups in total. The van der Waals surface area contributed by atoms with E-state index >= 15 is 0 Å². The van der Waals surface area contributed by atoms with Gasteiger partial charge in [-0.15, -0.1) is 11.8 Å². The van der Waals surface area contributed by atoms with Crippen molar-refractivity contribution in [3.63, 3.8) is 0 Å². The SMILES string of the molecule is O=C1CSC(c2ccco2)N1C1CCN(Cc2ccccc2)CC1. The first-order chi connectivity index (χ1) is 11.8. The Kier molecular flexibility index (Phi) is 4.63. The van der Waals surface area contributed by atoms with Crippen LogP contribution in [0, 0.1) is 0 Å². The number of carbonyl (C=O) groups is 1. The Balaban J connectivity index is 1.39. The van der Waals surface area contributed by atoms with E-state index in [1.165, 1.54) is 5.56 Å². The van der Waals surface area contributed by atoms with E-state index in [-0.39, 0.29) is 11.3 Å². The number of nitrogens with zero attached hydrogens (tertiary/aromatic N) is 2. The molecule has 126 valence electrons. The zero-order valence-corrected chi connectivity index (χ0v) is 14.5. The second-order valence-electron chi connectivity index (χ2n) is 6.47. The van der Waals surface area contributed by atoms with Gasteiger partial charge in [0.2, 0.25) is 5.91 Å². The molecule has 1 aromatic heterocycles. The van der Waals surface area contributed by atoms with Crippen LogP contribution in [0.2, 0.25) is 0 Å². The van der Waals surface area contributed by atoms with Crippen molar-refractivity contribution in [1.29, 1.82) is 0 Å². The Morgan fingerprint density at radius 3 is 2.58 bits per heavy atom. The molecule has 3 heterocycles. The van der Waals surface area contributed by atoms with Crippen LogP contribution >= 0.6 is 11.8 Å². The molecular weight excluding hydrogens is 320 g/mol. The smallest absolute Gasteiger partial charge is 0.234 e. The summed E-state index contributed by atoms with van der Waals surface area (Å²) in [6, 6.07) is 14.8. The minimum atomic E-state index is 0.0539. The fourth-order valence-corrected chi connectivity index (χ4v) is 4.88. The molecule has 1 aromatic carbocycles. The van der Waals surface area contributed by atoms with Crippen LogP contribution in [0.5, 0.6) is 0 Å². The van der Waals surface area contributed by atoms with Gasteiger partial charge in [-0.05, 0) is 30.5 Å². The van der Waals surface area contributed by atoms with Crippen LogP contribution in [0.3, 0.4) is 0 Å². The first-order valence-corrected chi connectivity index (χ1v) is 9.58. The van der Waals surface area contributed by atoms with Crippen molar-refractivity contribution in [3.05, 3.63) is 60.1 Å². The molecule has 1 amide bonds. The van der Waals surface area contributed by atoms with E-state index in [9.17, 15) is 4.79 Å². The number of piperidine rings is 1. The van der Waals surface area contributed by atoms with E-state index in [1.54, 1.807) is 18.0 Å². The molecule has 0 spiro atoms. The number of amides is 1. The van der Waals surface area contributed by atoms with E-state index in [0.717, 1.165) is 38.2 Å². The molecule has 2 aliphatic heterocycles. The van der Waals surface area contributed by atoms with E-state index in [0.29, 0.717) is 11.8 Å². The highest BCUT2D eigenvalue weighted by Gasteiger charge is 2.40. The maximum Gasteiger partial charge on any atom is 0.234 e. The monoisotopic (exact) mass is 342 g/mol. The van der Waals surface area contributed by atoms with E-state index in [2.05, 4.69) is 40.1 Å². The molecule has 0 bridgehead atoms. The fourth-order valence-electron chi connectivity index (χ4n) is 3.68. The molecule has 0 radical (unpaired) electrons. The van der Waals surface area contributed by atoms with Gasteiger partial charge in [0.25, 0.3) is 0 Å². The molecule has 24 heavy (non-hydrogen) atoms. The second-order valence-corrected chi connectivity index (χ2v) is 7.54. The van der Waals surface area contributed by atoms with Gasteiger partial charge in [-0.25, -0.2) is 0 Å². The number of likely N-dealkylation sites (tertiary alicyclic amines) is 1. The third-order valence-corrected chi connectivity index (χ3v) is 6.08. The lowest BCUT2D eigenvalue weighted by molar-refractivity contribution is -0.131. The van der Waals surface area contributed by atoms with Crippen molar-refractivity contribution in [2.45, 2.75) is 30.8 Å². The van der Waals surface area contributed by atoms with Crippen molar-refractivity contribution in [3.8, 4) is 0 Å². The van der Waals surface area contributed by atoms with Crippen molar-refractivity contribution in [2.24, 2.45) is 0 Å². The van der Waals surface area contributed by atoms with Gasteiger partial charge in [-0.1, -0.05) is 30.3 Å². The van der Waals surface area contributed by atoms with Gasteiger partial charge < -0.3 is 9.32 Å². The number of rotatable bonds is 4. The molecule has 2 saturated heterocycles. The first kappa shape index (κ1) is 15.8. The molecule has 4 rings (SSSR count). The van der Waals surface area contributed by atoms with Gasteiger partial charge in [0.05, 0.1) is 12.0 Å². The molecule has 2 aliphatic rings. The zero-order valence-electron chi connectivity index (χ0n) is 13.6. The highest BCUT2D eigenvalue weighted by molar-refractivity contribution is 8.00. The van der Waals surface area contributed by atoms with Gasteiger partial charge in [0.1, 0.15) is 11.1 Å².